The maximum Gasteiger partial charge on any atom is 0.266 e. The lowest BCUT2D eigenvalue weighted by Crippen LogP contribution is -2.42. The molecule has 1 aliphatic heterocycles. The summed E-state index contributed by atoms with van der Waals surface area (Å²) in [6.45, 7) is -0.0235. The molecule has 0 aliphatic carbocycles. The van der Waals surface area contributed by atoms with Gasteiger partial charge in [0, 0.05) is 18.7 Å². The van der Waals surface area contributed by atoms with Gasteiger partial charge in [0.15, 0.2) is 17.7 Å². The summed E-state index contributed by atoms with van der Waals surface area (Å²) in [5, 5.41) is 2.38. The Kier molecular flexibility index (Phi) is 2.28. The van der Waals surface area contributed by atoms with Gasteiger partial charge < -0.3 is 15.8 Å². The number of ether oxygens (including phenoxy) is 1. The SMILES string of the molecule is NCC1Oc2cc(F)c(F)cc2NC1=O. The van der Waals surface area contributed by atoms with Gasteiger partial charge in [-0.2, -0.15) is 0 Å². The molecular formula is C9H8F2N2O2. The van der Waals surface area contributed by atoms with Crippen LogP contribution in [0.3, 0.4) is 0 Å². The van der Waals surface area contributed by atoms with Gasteiger partial charge in [-0.1, -0.05) is 0 Å². The number of carbonyl (C=O) groups excluding carboxylic acids is 1. The molecular weight excluding hydrogens is 206 g/mol. The van der Waals surface area contributed by atoms with Crippen LogP contribution in [-0.4, -0.2) is 18.6 Å². The van der Waals surface area contributed by atoms with E-state index >= 15 is 0 Å². The third-order valence-electron chi connectivity index (χ3n) is 2.06. The Morgan fingerprint density at radius 1 is 1.40 bits per heavy atom. The maximum atomic E-state index is 12.8. The summed E-state index contributed by atoms with van der Waals surface area (Å²) in [6.07, 6.45) is -0.859. The molecule has 1 aliphatic rings. The molecule has 1 aromatic carbocycles. The zero-order chi connectivity index (χ0) is 11.0. The maximum absolute atomic E-state index is 12.8. The van der Waals surface area contributed by atoms with Crippen molar-refractivity contribution in [2.24, 2.45) is 5.73 Å². The van der Waals surface area contributed by atoms with E-state index in [1.807, 2.05) is 0 Å². The number of anilines is 1. The first-order valence-corrected chi connectivity index (χ1v) is 4.28. The summed E-state index contributed by atoms with van der Waals surface area (Å²) in [6, 6.07) is 1.75. The molecule has 1 aromatic rings. The molecule has 1 heterocycles. The molecule has 1 atom stereocenters. The van der Waals surface area contributed by atoms with Gasteiger partial charge in [0.25, 0.3) is 5.91 Å². The first kappa shape index (κ1) is 9.85. The van der Waals surface area contributed by atoms with E-state index in [2.05, 4.69) is 5.32 Å². The molecule has 80 valence electrons. The van der Waals surface area contributed by atoms with Crippen LogP contribution in [0.4, 0.5) is 14.5 Å². The Bertz CT molecular complexity index is 423. The van der Waals surface area contributed by atoms with Crippen LogP contribution in [-0.2, 0) is 4.79 Å². The first-order valence-electron chi connectivity index (χ1n) is 4.28. The number of halogens is 2. The zero-order valence-corrected chi connectivity index (χ0v) is 7.59. The second-order valence-electron chi connectivity index (χ2n) is 3.09. The lowest BCUT2D eigenvalue weighted by molar-refractivity contribution is -0.123. The minimum Gasteiger partial charge on any atom is -0.477 e. The molecule has 15 heavy (non-hydrogen) atoms. The molecule has 4 nitrogen and oxygen atoms in total. The van der Waals surface area contributed by atoms with Crippen LogP contribution in [0, 0.1) is 11.6 Å². The number of amides is 1. The number of hydrogen-bond acceptors (Lipinski definition) is 3. The first-order chi connectivity index (χ1) is 7.11. The summed E-state index contributed by atoms with van der Waals surface area (Å²) in [4.78, 5) is 11.3. The molecule has 0 saturated carbocycles. The van der Waals surface area contributed by atoms with E-state index in [9.17, 15) is 13.6 Å². The van der Waals surface area contributed by atoms with Crippen LogP contribution in [0.15, 0.2) is 12.1 Å². The van der Waals surface area contributed by atoms with Crippen molar-refractivity contribution in [3.8, 4) is 5.75 Å². The van der Waals surface area contributed by atoms with Gasteiger partial charge in [0.05, 0.1) is 5.69 Å². The second kappa shape index (κ2) is 3.47. The van der Waals surface area contributed by atoms with Crippen LogP contribution >= 0.6 is 0 Å². The van der Waals surface area contributed by atoms with Crippen LogP contribution in [0.1, 0.15) is 0 Å². The van der Waals surface area contributed by atoms with Crippen molar-refractivity contribution in [3.05, 3.63) is 23.8 Å². The van der Waals surface area contributed by atoms with Gasteiger partial charge in [-0.15, -0.1) is 0 Å². The quantitative estimate of drug-likeness (QED) is 0.720. The van der Waals surface area contributed by atoms with E-state index in [4.69, 9.17) is 10.5 Å². The predicted octanol–water partition coefficient (Wildman–Crippen LogP) is 0.623. The van der Waals surface area contributed by atoms with E-state index in [1.54, 1.807) is 0 Å². The van der Waals surface area contributed by atoms with Gasteiger partial charge in [-0.25, -0.2) is 8.78 Å². The van der Waals surface area contributed by atoms with Crippen molar-refractivity contribution in [2.75, 3.05) is 11.9 Å². The monoisotopic (exact) mass is 214 g/mol. The van der Waals surface area contributed by atoms with Crippen molar-refractivity contribution in [1.29, 1.82) is 0 Å². The van der Waals surface area contributed by atoms with Crippen LogP contribution in [0.2, 0.25) is 0 Å². The highest BCUT2D eigenvalue weighted by Gasteiger charge is 2.27. The fraction of sp³-hybridized carbons (Fsp3) is 0.222. The zero-order valence-electron chi connectivity index (χ0n) is 7.59. The Balaban J connectivity index is 2.41. The summed E-state index contributed by atoms with van der Waals surface area (Å²) in [5.41, 5.74) is 5.38. The standard InChI is InChI=1S/C9H8F2N2O2/c10-4-1-6-7(2-5(4)11)15-8(3-12)9(14)13-6/h1-2,8H,3,12H2,(H,13,14). The molecule has 0 radical (unpaired) electrons. The van der Waals surface area contributed by atoms with Crippen LogP contribution in [0.25, 0.3) is 0 Å². The summed E-state index contributed by atoms with van der Waals surface area (Å²) < 4.78 is 30.7. The third kappa shape index (κ3) is 1.63. The lowest BCUT2D eigenvalue weighted by Gasteiger charge is -2.24. The van der Waals surface area contributed by atoms with Crippen molar-refractivity contribution in [1.82, 2.24) is 0 Å². The summed E-state index contributed by atoms with van der Waals surface area (Å²) >= 11 is 0. The number of fused-ring (bicyclic) bond motifs is 1. The van der Waals surface area contributed by atoms with Gasteiger partial charge >= 0.3 is 0 Å². The minimum absolute atomic E-state index is 0.0235. The predicted molar refractivity (Wildman–Crippen MR) is 48.5 cm³/mol. The Morgan fingerprint density at radius 3 is 2.73 bits per heavy atom. The molecule has 0 fully saturated rings. The Morgan fingerprint density at radius 2 is 2.07 bits per heavy atom. The molecule has 3 N–H and O–H groups in total. The minimum atomic E-state index is -1.04. The van der Waals surface area contributed by atoms with E-state index in [1.165, 1.54) is 0 Å². The number of rotatable bonds is 1. The van der Waals surface area contributed by atoms with Crippen LogP contribution < -0.4 is 15.8 Å². The normalized spacial score (nSPS) is 19.1. The van der Waals surface area contributed by atoms with E-state index in [0.29, 0.717) is 0 Å². The van der Waals surface area contributed by atoms with E-state index in [-0.39, 0.29) is 18.0 Å². The molecule has 0 aromatic heterocycles. The van der Waals surface area contributed by atoms with Gasteiger partial charge in [-0.3, -0.25) is 4.79 Å². The van der Waals surface area contributed by atoms with Gasteiger partial charge in [-0.05, 0) is 0 Å². The number of nitrogens with one attached hydrogen (secondary N) is 1. The molecule has 0 saturated heterocycles. The molecule has 1 unspecified atom stereocenters. The summed E-state index contributed by atoms with van der Waals surface area (Å²) in [5.74, 6) is -2.44. The fourth-order valence-corrected chi connectivity index (χ4v) is 1.30. The van der Waals surface area contributed by atoms with Crippen molar-refractivity contribution in [2.45, 2.75) is 6.10 Å². The molecule has 2 rings (SSSR count). The highest BCUT2D eigenvalue weighted by atomic mass is 19.2. The number of benzene rings is 1. The van der Waals surface area contributed by atoms with Crippen molar-refractivity contribution in [3.63, 3.8) is 0 Å². The largest absolute Gasteiger partial charge is 0.477 e. The van der Waals surface area contributed by atoms with Gasteiger partial charge in [0.2, 0.25) is 0 Å². The number of carbonyl (C=O) groups is 1. The Labute approximate surface area is 84.0 Å². The fourth-order valence-electron chi connectivity index (χ4n) is 1.30. The Hall–Kier alpha value is -1.69. The average molecular weight is 214 g/mol. The van der Waals surface area contributed by atoms with Crippen LogP contribution in [0.5, 0.6) is 5.75 Å². The van der Waals surface area contributed by atoms with E-state index in [0.717, 1.165) is 12.1 Å². The highest BCUT2D eigenvalue weighted by molar-refractivity contribution is 5.97. The average Bonchev–Trinajstić information content (AvgIpc) is 2.20. The smallest absolute Gasteiger partial charge is 0.266 e. The number of nitrogens with two attached hydrogens (primary N) is 1. The third-order valence-corrected chi connectivity index (χ3v) is 2.06. The molecule has 0 spiro atoms. The lowest BCUT2D eigenvalue weighted by atomic mass is 10.2. The highest BCUT2D eigenvalue weighted by Crippen LogP contribution is 2.31. The van der Waals surface area contributed by atoms with E-state index < -0.39 is 23.6 Å². The molecule has 1 amide bonds. The van der Waals surface area contributed by atoms with Gasteiger partial charge in [0.1, 0.15) is 5.75 Å². The van der Waals surface area contributed by atoms with Crippen molar-refractivity contribution < 1.29 is 18.3 Å². The molecule has 0 bridgehead atoms. The summed E-state index contributed by atoms with van der Waals surface area (Å²) in [7, 11) is 0. The topological polar surface area (TPSA) is 64.3 Å². The van der Waals surface area contributed by atoms with Crippen molar-refractivity contribution >= 4 is 11.6 Å². The second-order valence-corrected chi connectivity index (χ2v) is 3.09. The molecule has 6 heteroatoms. The number of hydrogen-bond donors (Lipinski definition) is 2.